The van der Waals surface area contributed by atoms with Crippen molar-refractivity contribution >= 4 is 11.6 Å². The van der Waals surface area contributed by atoms with Crippen molar-refractivity contribution in [1.29, 1.82) is 0 Å². The molecule has 88 valence electrons. The van der Waals surface area contributed by atoms with Gasteiger partial charge >= 0.3 is 0 Å². The molecular formula is C12H14N4O. The number of aromatic nitrogens is 2. The summed E-state index contributed by atoms with van der Waals surface area (Å²) in [5.41, 5.74) is 0.769. The van der Waals surface area contributed by atoms with E-state index in [-0.39, 0.29) is 0 Å². The number of nitrogens with zero attached hydrogens (tertiary/aromatic N) is 3. The molecule has 2 aromatic rings. The minimum Gasteiger partial charge on any atom is -0.494 e. The quantitative estimate of drug-likeness (QED) is 0.797. The van der Waals surface area contributed by atoms with Crippen LogP contribution >= 0.6 is 0 Å². The molecule has 0 radical (unpaired) electrons. The lowest BCUT2D eigenvalue weighted by atomic mass is 10.3. The van der Waals surface area contributed by atoms with Crippen molar-refractivity contribution in [2.45, 2.75) is 13.3 Å². The van der Waals surface area contributed by atoms with E-state index in [1.54, 1.807) is 12.4 Å². The molecule has 1 heterocycles. The molecule has 0 spiro atoms. The molecule has 0 saturated carbocycles. The Balaban J connectivity index is 1.98. The highest BCUT2D eigenvalue weighted by Gasteiger charge is 1.94. The van der Waals surface area contributed by atoms with Crippen LogP contribution in [0.4, 0.5) is 11.6 Å². The first-order chi connectivity index (χ1) is 8.38. The van der Waals surface area contributed by atoms with Gasteiger partial charge in [-0.1, -0.05) is 6.92 Å². The van der Waals surface area contributed by atoms with E-state index >= 15 is 0 Å². The molecule has 1 aromatic heterocycles. The van der Waals surface area contributed by atoms with Crippen LogP contribution in [0.15, 0.2) is 46.9 Å². The van der Waals surface area contributed by atoms with Gasteiger partial charge in [0.05, 0.1) is 12.3 Å². The number of rotatable bonds is 5. The average molecular weight is 230 g/mol. The Morgan fingerprint density at radius 3 is 2.71 bits per heavy atom. The van der Waals surface area contributed by atoms with Crippen molar-refractivity contribution in [2.24, 2.45) is 10.2 Å². The van der Waals surface area contributed by atoms with E-state index in [1.807, 2.05) is 24.3 Å². The highest BCUT2D eigenvalue weighted by molar-refractivity contribution is 5.41. The van der Waals surface area contributed by atoms with Gasteiger partial charge in [-0.2, -0.15) is 0 Å². The molecule has 0 aliphatic rings. The molecule has 1 N–H and O–H groups in total. The first kappa shape index (κ1) is 11.3. The number of ether oxygens (including phenoxy) is 1. The second-order valence-corrected chi connectivity index (χ2v) is 3.46. The molecule has 0 aliphatic carbocycles. The summed E-state index contributed by atoms with van der Waals surface area (Å²) in [7, 11) is 0. The summed E-state index contributed by atoms with van der Waals surface area (Å²) in [6.45, 7) is 2.80. The fourth-order valence-electron chi connectivity index (χ4n) is 1.25. The second kappa shape index (κ2) is 5.79. The van der Waals surface area contributed by atoms with E-state index < -0.39 is 0 Å². The number of benzene rings is 1. The van der Waals surface area contributed by atoms with Gasteiger partial charge in [0.15, 0.2) is 0 Å². The zero-order valence-electron chi connectivity index (χ0n) is 9.63. The molecule has 0 aliphatic heterocycles. The van der Waals surface area contributed by atoms with Crippen molar-refractivity contribution in [3.63, 3.8) is 0 Å². The minimum atomic E-state index is 0.497. The number of hydrogen-bond donors (Lipinski definition) is 1. The smallest absolute Gasteiger partial charge is 0.246 e. The second-order valence-electron chi connectivity index (χ2n) is 3.46. The average Bonchev–Trinajstić information content (AvgIpc) is 2.88. The molecule has 0 fully saturated rings. The first-order valence-corrected chi connectivity index (χ1v) is 5.52. The van der Waals surface area contributed by atoms with Gasteiger partial charge in [-0.15, -0.1) is 10.2 Å². The maximum atomic E-state index is 5.47. The molecule has 5 heteroatoms. The third-order valence-corrected chi connectivity index (χ3v) is 2.05. The monoisotopic (exact) mass is 230 g/mol. The Morgan fingerprint density at radius 2 is 2.06 bits per heavy atom. The SMILES string of the molecule is CCCOc1ccc(N=Nc2ncc[nH]2)cc1. The summed E-state index contributed by atoms with van der Waals surface area (Å²) in [5.74, 6) is 1.35. The van der Waals surface area contributed by atoms with Crippen molar-refractivity contribution < 1.29 is 4.74 Å². The number of hydrogen-bond acceptors (Lipinski definition) is 4. The predicted octanol–water partition coefficient (Wildman–Crippen LogP) is 3.61. The number of imidazole rings is 1. The third-order valence-electron chi connectivity index (χ3n) is 2.05. The highest BCUT2D eigenvalue weighted by Crippen LogP contribution is 2.19. The van der Waals surface area contributed by atoms with Gasteiger partial charge in [0.2, 0.25) is 5.95 Å². The molecule has 0 bridgehead atoms. The summed E-state index contributed by atoms with van der Waals surface area (Å²) in [5, 5.41) is 7.99. The zero-order chi connectivity index (χ0) is 11.9. The predicted molar refractivity (Wildman–Crippen MR) is 65.0 cm³/mol. The standard InChI is InChI=1S/C12H14N4O/c1-2-9-17-11-5-3-10(4-6-11)15-16-12-13-7-8-14-12/h3-8H,2,9H2,1H3,(H,13,14). The van der Waals surface area contributed by atoms with Crippen molar-refractivity contribution in [2.75, 3.05) is 6.61 Å². The van der Waals surface area contributed by atoms with Crippen molar-refractivity contribution in [1.82, 2.24) is 9.97 Å². The van der Waals surface area contributed by atoms with Gasteiger partial charge in [-0.3, -0.25) is 0 Å². The van der Waals surface area contributed by atoms with Gasteiger partial charge in [0, 0.05) is 12.4 Å². The van der Waals surface area contributed by atoms with Crippen molar-refractivity contribution in [3.8, 4) is 5.75 Å². The van der Waals surface area contributed by atoms with Crippen LogP contribution in [-0.4, -0.2) is 16.6 Å². The largest absolute Gasteiger partial charge is 0.494 e. The molecule has 1 aromatic carbocycles. The number of azo groups is 1. The summed E-state index contributed by atoms with van der Waals surface area (Å²) in [4.78, 5) is 6.80. The van der Waals surface area contributed by atoms with E-state index in [0.29, 0.717) is 5.95 Å². The van der Waals surface area contributed by atoms with Gasteiger partial charge in [0.1, 0.15) is 5.75 Å². The summed E-state index contributed by atoms with van der Waals surface area (Å²) >= 11 is 0. The van der Waals surface area contributed by atoms with Crippen LogP contribution < -0.4 is 4.74 Å². The summed E-state index contributed by atoms with van der Waals surface area (Å²) in [6, 6.07) is 7.48. The van der Waals surface area contributed by atoms with Gasteiger partial charge in [-0.25, -0.2) is 4.98 Å². The van der Waals surface area contributed by atoms with E-state index in [0.717, 1.165) is 24.5 Å². The zero-order valence-corrected chi connectivity index (χ0v) is 9.63. The van der Waals surface area contributed by atoms with Crippen LogP contribution in [0.2, 0.25) is 0 Å². The molecular weight excluding hydrogens is 216 g/mol. The molecule has 0 atom stereocenters. The molecule has 2 rings (SSSR count). The fourth-order valence-corrected chi connectivity index (χ4v) is 1.25. The lowest BCUT2D eigenvalue weighted by Crippen LogP contribution is -1.93. The molecule has 5 nitrogen and oxygen atoms in total. The Labute approximate surface area is 99.6 Å². The normalized spacial score (nSPS) is 10.9. The van der Waals surface area contributed by atoms with E-state index in [1.165, 1.54) is 0 Å². The van der Waals surface area contributed by atoms with Crippen LogP contribution in [0.5, 0.6) is 5.75 Å². The van der Waals surface area contributed by atoms with Crippen LogP contribution in [-0.2, 0) is 0 Å². The highest BCUT2D eigenvalue weighted by atomic mass is 16.5. The van der Waals surface area contributed by atoms with Crippen LogP contribution in [0.25, 0.3) is 0 Å². The lowest BCUT2D eigenvalue weighted by molar-refractivity contribution is 0.317. The van der Waals surface area contributed by atoms with Crippen LogP contribution in [0.3, 0.4) is 0 Å². The Kier molecular flexibility index (Phi) is 3.85. The third kappa shape index (κ3) is 3.41. The van der Waals surface area contributed by atoms with Crippen LogP contribution in [0.1, 0.15) is 13.3 Å². The maximum Gasteiger partial charge on any atom is 0.246 e. The van der Waals surface area contributed by atoms with Gasteiger partial charge < -0.3 is 9.72 Å². The van der Waals surface area contributed by atoms with Gasteiger partial charge in [0.25, 0.3) is 0 Å². The molecule has 0 amide bonds. The van der Waals surface area contributed by atoms with Crippen LogP contribution in [0, 0.1) is 0 Å². The maximum absolute atomic E-state index is 5.47. The Bertz CT molecular complexity index is 462. The Hall–Kier alpha value is -2.17. The fraction of sp³-hybridized carbons (Fsp3) is 0.250. The van der Waals surface area contributed by atoms with E-state index in [9.17, 15) is 0 Å². The van der Waals surface area contributed by atoms with E-state index in [4.69, 9.17) is 4.74 Å². The molecule has 0 unspecified atom stereocenters. The molecule has 0 saturated heterocycles. The minimum absolute atomic E-state index is 0.497. The molecule has 17 heavy (non-hydrogen) atoms. The summed E-state index contributed by atoms with van der Waals surface area (Å²) in [6.07, 6.45) is 4.34. The van der Waals surface area contributed by atoms with Gasteiger partial charge in [-0.05, 0) is 30.7 Å². The Morgan fingerprint density at radius 1 is 1.24 bits per heavy atom. The number of aromatic amines is 1. The topological polar surface area (TPSA) is 62.6 Å². The lowest BCUT2D eigenvalue weighted by Gasteiger charge is -2.03. The number of nitrogens with one attached hydrogen (secondary N) is 1. The summed E-state index contributed by atoms with van der Waals surface area (Å²) < 4.78 is 5.47. The first-order valence-electron chi connectivity index (χ1n) is 5.52. The van der Waals surface area contributed by atoms with E-state index in [2.05, 4.69) is 27.1 Å². The van der Waals surface area contributed by atoms with Crippen molar-refractivity contribution in [3.05, 3.63) is 36.7 Å². The number of H-pyrrole nitrogens is 1.